The second-order valence-corrected chi connectivity index (χ2v) is 5.25. The number of imidazole rings is 1. The third-order valence-corrected chi connectivity index (χ3v) is 3.82. The molecule has 0 atom stereocenters. The van der Waals surface area contributed by atoms with Gasteiger partial charge in [-0.15, -0.1) is 0 Å². The first-order valence-corrected chi connectivity index (χ1v) is 7.51. The Balaban J connectivity index is 2.10. The molecule has 2 N–H and O–H groups in total. The number of aromatic nitrogens is 2. The highest BCUT2D eigenvalue weighted by Crippen LogP contribution is 2.16. The number of nitrogens with zero attached hydrogens (tertiary/aromatic N) is 3. The summed E-state index contributed by atoms with van der Waals surface area (Å²) in [6.07, 6.45) is 11.2. The Morgan fingerprint density at radius 3 is 2.96 bits per heavy atom. The Morgan fingerprint density at radius 2 is 2.30 bits per heavy atom. The van der Waals surface area contributed by atoms with Crippen LogP contribution in [0.3, 0.4) is 0 Å². The van der Waals surface area contributed by atoms with E-state index in [-0.39, 0.29) is 12.1 Å². The fourth-order valence-corrected chi connectivity index (χ4v) is 2.45. The maximum Gasteiger partial charge on any atom is 0.329 e. The van der Waals surface area contributed by atoms with Crippen molar-refractivity contribution in [2.45, 2.75) is 18.9 Å². The van der Waals surface area contributed by atoms with Gasteiger partial charge in [0.25, 0.3) is 0 Å². The van der Waals surface area contributed by atoms with Gasteiger partial charge >= 0.3 is 6.03 Å². The number of hydrogen-bond donors (Lipinski definition) is 1. The Hall–Kier alpha value is -2.22. The van der Waals surface area contributed by atoms with E-state index < -0.39 is 0 Å². The lowest BCUT2D eigenvalue weighted by Gasteiger charge is -2.30. The topological polar surface area (TPSA) is 87.0 Å². The molecule has 1 saturated heterocycles. The number of hydroxylamine groups is 1. The molecule has 0 aromatic carbocycles. The number of carbonyl (C=O) groups is 1. The van der Waals surface area contributed by atoms with Crippen LogP contribution in [0.4, 0.5) is 4.79 Å². The first kappa shape index (κ1) is 17.1. The van der Waals surface area contributed by atoms with Crippen LogP contribution in [0.15, 0.2) is 43.5 Å². The molecule has 1 aliphatic rings. The van der Waals surface area contributed by atoms with Gasteiger partial charge < -0.3 is 20.3 Å². The number of ether oxygens (including phenoxy) is 1. The maximum absolute atomic E-state index is 12.5. The Labute approximate surface area is 135 Å². The predicted octanol–water partition coefficient (Wildman–Crippen LogP) is 1.11. The fourth-order valence-electron chi connectivity index (χ4n) is 2.45. The molecule has 1 amide bonds. The summed E-state index contributed by atoms with van der Waals surface area (Å²) in [5.74, 6) is 0. The minimum Gasteiger partial charge on any atom is -0.631 e. The summed E-state index contributed by atoms with van der Waals surface area (Å²) < 4.78 is 6.79. The molecule has 1 aromatic heterocycles. The second kappa shape index (κ2) is 8.42. The van der Waals surface area contributed by atoms with Gasteiger partial charge in [-0.2, -0.15) is 0 Å². The van der Waals surface area contributed by atoms with Crippen molar-refractivity contribution < 1.29 is 15.0 Å². The number of amides is 1. The van der Waals surface area contributed by atoms with E-state index in [4.69, 9.17) is 4.74 Å². The van der Waals surface area contributed by atoms with Crippen molar-refractivity contribution in [2.24, 2.45) is 0 Å². The van der Waals surface area contributed by atoms with Crippen LogP contribution in [0.1, 0.15) is 18.5 Å². The molecule has 1 aliphatic heterocycles. The average Bonchev–Trinajstić information content (AvgIpc) is 3.08. The molecule has 7 nitrogen and oxygen atoms in total. The van der Waals surface area contributed by atoms with Gasteiger partial charge in [0.15, 0.2) is 0 Å². The summed E-state index contributed by atoms with van der Waals surface area (Å²) in [6, 6.07) is 0.0644. The molecule has 2 rings (SSSR count). The normalized spacial score (nSPS) is 16.7. The van der Waals surface area contributed by atoms with E-state index in [1.807, 2.05) is 0 Å². The standard InChI is InChI=1S/C16H22N4O3/c1-3-13(5-4-8-18-22)15-11-20(12-17-15)16(21)19(2)14-6-9-23-10-7-14/h3-5,8,11-12,14H,1,6-7,9-10,18H2,2H3/b8-4-,13-5+. The number of carbonyl (C=O) groups excluding carboxylic acids is 1. The van der Waals surface area contributed by atoms with Gasteiger partial charge in [0, 0.05) is 38.1 Å². The Bertz CT molecular complexity index is 600. The molecule has 0 bridgehead atoms. The van der Waals surface area contributed by atoms with E-state index in [0.29, 0.717) is 24.4 Å². The molecule has 0 aliphatic carbocycles. The van der Waals surface area contributed by atoms with E-state index in [2.05, 4.69) is 11.6 Å². The second-order valence-electron chi connectivity index (χ2n) is 5.25. The molecule has 1 fully saturated rings. The lowest BCUT2D eigenvalue weighted by Crippen LogP contribution is -2.69. The quantitative estimate of drug-likeness (QED) is 0.651. The van der Waals surface area contributed by atoms with Crippen LogP contribution in [0, 0.1) is 5.21 Å². The number of rotatable bonds is 5. The average molecular weight is 318 g/mol. The highest BCUT2D eigenvalue weighted by molar-refractivity contribution is 5.79. The summed E-state index contributed by atoms with van der Waals surface area (Å²) in [4.78, 5) is 18.5. The number of allylic oxidation sites excluding steroid dienone is 4. The third kappa shape index (κ3) is 4.38. The highest BCUT2D eigenvalue weighted by atomic mass is 16.5. The molecular weight excluding hydrogens is 296 g/mol. The van der Waals surface area contributed by atoms with Crippen molar-refractivity contribution in [3.8, 4) is 0 Å². The van der Waals surface area contributed by atoms with Crippen LogP contribution in [-0.2, 0) is 4.74 Å². The summed E-state index contributed by atoms with van der Waals surface area (Å²) >= 11 is 0. The molecule has 2 heterocycles. The minimum atomic E-state index is -0.123. The summed E-state index contributed by atoms with van der Waals surface area (Å²) in [5.41, 5.74) is 2.06. The van der Waals surface area contributed by atoms with Gasteiger partial charge in [-0.05, 0) is 25.0 Å². The predicted molar refractivity (Wildman–Crippen MR) is 87.2 cm³/mol. The zero-order valence-electron chi connectivity index (χ0n) is 13.2. The van der Waals surface area contributed by atoms with Crippen LogP contribution in [0.25, 0.3) is 5.57 Å². The first-order chi connectivity index (χ1) is 11.2. The first-order valence-electron chi connectivity index (χ1n) is 7.51. The molecule has 0 spiro atoms. The summed E-state index contributed by atoms with van der Waals surface area (Å²) in [5, 5.41) is 10.3. The van der Waals surface area contributed by atoms with E-state index in [9.17, 15) is 10.0 Å². The lowest BCUT2D eigenvalue weighted by molar-refractivity contribution is -0.514. The van der Waals surface area contributed by atoms with Crippen LogP contribution in [-0.4, -0.2) is 46.8 Å². The van der Waals surface area contributed by atoms with E-state index in [0.717, 1.165) is 18.4 Å². The van der Waals surface area contributed by atoms with Gasteiger partial charge in [-0.1, -0.05) is 12.7 Å². The summed E-state index contributed by atoms with van der Waals surface area (Å²) in [6.45, 7) is 5.10. The SMILES string of the molecule is C=C/C(=C\C=C/[NH2+][O-])c1cn(C(=O)N(C)C2CCOCC2)cn1. The number of nitrogens with two attached hydrogens (primary N) is 1. The smallest absolute Gasteiger partial charge is 0.329 e. The monoisotopic (exact) mass is 318 g/mol. The number of hydrogen-bond acceptors (Lipinski definition) is 4. The zero-order chi connectivity index (χ0) is 16.7. The highest BCUT2D eigenvalue weighted by Gasteiger charge is 2.23. The van der Waals surface area contributed by atoms with Crippen molar-refractivity contribution in [3.05, 3.63) is 54.4 Å². The van der Waals surface area contributed by atoms with Crippen LogP contribution in [0.2, 0.25) is 0 Å². The lowest BCUT2D eigenvalue weighted by atomic mass is 10.1. The molecule has 7 heteroatoms. The van der Waals surface area contributed by atoms with Gasteiger partial charge in [-0.3, -0.25) is 4.57 Å². The molecular formula is C16H22N4O3. The maximum atomic E-state index is 12.5. The largest absolute Gasteiger partial charge is 0.631 e. The van der Waals surface area contributed by atoms with Crippen molar-refractivity contribution in [3.63, 3.8) is 0 Å². The van der Waals surface area contributed by atoms with Crippen molar-refractivity contribution in [1.29, 1.82) is 0 Å². The third-order valence-electron chi connectivity index (χ3n) is 3.82. The minimum absolute atomic E-state index is 0.123. The molecule has 1 aromatic rings. The molecule has 0 saturated carbocycles. The molecule has 0 unspecified atom stereocenters. The van der Waals surface area contributed by atoms with Crippen molar-refractivity contribution in [1.82, 2.24) is 14.5 Å². The number of quaternary nitrogens is 1. The zero-order valence-corrected chi connectivity index (χ0v) is 13.2. The van der Waals surface area contributed by atoms with Crippen molar-refractivity contribution >= 4 is 11.6 Å². The van der Waals surface area contributed by atoms with E-state index >= 15 is 0 Å². The Morgan fingerprint density at radius 1 is 1.57 bits per heavy atom. The van der Waals surface area contributed by atoms with Crippen molar-refractivity contribution in [2.75, 3.05) is 20.3 Å². The fraction of sp³-hybridized carbons (Fsp3) is 0.375. The summed E-state index contributed by atoms with van der Waals surface area (Å²) in [7, 11) is 1.80. The molecule has 23 heavy (non-hydrogen) atoms. The van der Waals surface area contributed by atoms with Crippen LogP contribution >= 0.6 is 0 Å². The van der Waals surface area contributed by atoms with E-state index in [1.54, 1.807) is 36.4 Å². The van der Waals surface area contributed by atoms with Crippen LogP contribution < -0.4 is 5.48 Å². The Kier molecular flexibility index (Phi) is 6.28. The molecule has 124 valence electrons. The molecule has 0 radical (unpaired) electrons. The van der Waals surface area contributed by atoms with E-state index in [1.165, 1.54) is 17.1 Å². The van der Waals surface area contributed by atoms with Gasteiger partial charge in [0.05, 0.1) is 11.9 Å². The van der Waals surface area contributed by atoms with Gasteiger partial charge in [-0.25, -0.2) is 9.78 Å². The van der Waals surface area contributed by atoms with Gasteiger partial charge in [0.2, 0.25) is 0 Å². The van der Waals surface area contributed by atoms with Gasteiger partial charge in [0.1, 0.15) is 6.33 Å². The van der Waals surface area contributed by atoms with Crippen LogP contribution in [0.5, 0.6) is 0 Å².